The lowest BCUT2D eigenvalue weighted by atomic mass is 10.2. The van der Waals surface area contributed by atoms with Crippen molar-refractivity contribution in [2.45, 2.75) is 6.92 Å². The van der Waals surface area contributed by atoms with E-state index < -0.39 is 4.92 Å². The third kappa shape index (κ3) is 3.77. The molecular formula is C11H11BrN4O2. The summed E-state index contributed by atoms with van der Waals surface area (Å²) in [5.74, 6) is -0.0549. The first kappa shape index (κ1) is 14.0. The molecule has 0 radical (unpaired) electrons. The molecular weight excluding hydrogens is 300 g/mol. The average Bonchev–Trinajstić information content (AvgIpc) is 2.37. The van der Waals surface area contributed by atoms with Gasteiger partial charge in [-0.2, -0.15) is 0 Å². The van der Waals surface area contributed by atoms with Crippen LogP contribution in [0.25, 0.3) is 0 Å². The fourth-order valence-corrected chi connectivity index (χ4v) is 1.42. The van der Waals surface area contributed by atoms with Gasteiger partial charge in [-0.05, 0) is 35.0 Å². The molecule has 0 aliphatic heterocycles. The zero-order valence-electron chi connectivity index (χ0n) is 9.58. The molecule has 7 heteroatoms. The molecule has 0 spiro atoms. The van der Waals surface area contributed by atoms with E-state index in [1.807, 2.05) is 18.2 Å². The zero-order valence-corrected chi connectivity index (χ0v) is 11.2. The smallest absolute Gasteiger partial charge is 0.315 e. The largest absolute Gasteiger partial charge is 0.378 e. The highest BCUT2D eigenvalue weighted by atomic mass is 79.9. The van der Waals surface area contributed by atoms with E-state index >= 15 is 0 Å². The number of nitrogens with zero attached hydrogens (tertiary/aromatic N) is 3. The molecule has 2 N–H and O–H groups in total. The van der Waals surface area contributed by atoms with Gasteiger partial charge in [0.1, 0.15) is 0 Å². The normalized spacial score (nSPS) is 9.22. The summed E-state index contributed by atoms with van der Waals surface area (Å²) >= 11 is 3.13. The van der Waals surface area contributed by atoms with Gasteiger partial charge in [-0.25, -0.2) is 4.98 Å². The Kier molecular flexibility index (Phi) is 5.19. The second kappa shape index (κ2) is 6.65. The van der Waals surface area contributed by atoms with Gasteiger partial charge in [0, 0.05) is 28.6 Å². The second-order valence-corrected chi connectivity index (χ2v) is 4.10. The van der Waals surface area contributed by atoms with Crippen molar-refractivity contribution in [2.75, 3.05) is 5.73 Å². The molecule has 6 nitrogen and oxygen atoms in total. The van der Waals surface area contributed by atoms with Crippen LogP contribution in [0.4, 0.5) is 11.5 Å². The summed E-state index contributed by atoms with van der Waals surface area (Å²) < 4.78 is 0.586. The summed E-state index contributed by atoms with van der Waals surface area (Å²) in [6.07, 6.45) is 4.94. The van der Waals surface area contributed by atoms with Crippen LogP contribution in [0.2, 0.25) is 0 Å². The standard InChI is InChI=1S/C6H6BrN3O2.C5H5N/c1-3-4(7)2-9-6(8)5(3)10(11)12;1-2-4-6-5-3-1/h2H,1H3,(H2,8,9);1-5H. The Bertz CT molecular complexity index is 507. The molecule has 0 fully saturated rings. The topological polar surface area (TPSA) is 94.9 Å². The third-order valence-electron chi connectivity index (χ3n) is 2.02. The summed E-state index contributed by atoms with van der Waals surface area (Å²) in [4.78, 5) is 17.4. The number of hydrogen-bond acceptors (Lipinski definition) is 5. The van der Waals surface area contributed by atoms with Gasteiger partial charge in [0.05, 0.1) is 4.92 Å². The van der Waals surface area contributed by atoms with Crippen molar-refractivity contribution in [3.8, 4) is 0 Å². The lowest BCUT2D eigenvalue weighted by Gasteiger charge is -2.00. The first-order valence-electron chi connectivity index (χ1n) is 4.94. The molecule has 0 aliphatic carbocycles. The Morgan fingerprint density at radius 2 is 1.94 bits per heavy atom. The van der Waals surface area contributed by atoms with Crippen LogP contribution in [0, 0.1) is 17.0 Å². The monoisotopic (exact) mass is 310 g/mol. The number of aromatic nitrogens is 2. The summed E-state index contributed by atoms with van der Waals surface area (Å²) in [7, 11) is 0. The van der Waals surface area contributed by atoms with Crippen molar-refractivity contribution < 1.29 is 4.92 Å². The van der Waals surface area contributed by atoms with Gasteiger partial charge in [-0.3, -0.25) is 15.1 Å². The summed E-state index contributed by atoms with van der Waals surface area (Å²) in [5, 5.41) is 10.5. The number of anilines is 1. The Hall–Kier alpha value is -2.02. The van der Waals surface area contributed by atoms with Gasteiger partial charge in [-0.1, -0.05) is 6.07 Å². The highest BCUT2D eigenvalue weighted by Crippen LogP contribution is 2.28. The van der Waals surface area contributed by atoms with Crippen LogP contribution in [0.1, 0.15) is 5.56 Å². The van der Waals surface area contributed by atoms with Gasteiger partial charge in [0.2, 0.25) is 5.82 Å². The number of nitro groups is 1. The van der Waals surface area contributed by atoms with Crippen LogP contribution in [-0.4, -0.2) is 14.9 Å². The van der Waals surface area contributed by atoms with Crippen molar-refractivity contribution in [2.24, 2.45) is 0 Å². The van der Waals surface area contributed by atoms with E-state index in [1.54, 1.807) is 19.3 Å². The number of nitrogen functional groups attached to an aromatic ring is 1. The van der Waals surface area contributed by atoms with Crippen LogP contribution in [0.15, 0.2) is 41.3 Å². The molecule has 2 aromatic rings. The quantitative estimate of drug-likeness (QED) is 0.645. The number of hydrogen-bond donors (Lipinski definition) is 1. The maximum atomic E-state index is 10.5. The summed E-state index contributed by atoms with van der Waals surface area (Å²) in [5.41, 5.74) is 5.68. The van der Waals surface area contributed by atoms with E-state index in [1.165, 1.54) is 6.20 Å². The van der Waals surface area contributed by atoms with Crippen molar-refractivity contribution in [1.82, 2.24) is 9.97 Å². The van der Waals surface area contributed by atoms with Crippen molar-refractivity contribution >= 4 is 27.4 Å². The molecule has 18 heavy (non-hydrogen) atoms. The summed E-state index contributed by atoms with van der Waals surface area (Å²) in [6, 6.07) is 5.72. The molecule has 2 rings (SSSR count). The summed E-state index contributed by atoms with van der Waals surface area (Å²) in [6.45, 7) is 1.61. The van der Waals surface area contributed by atoms with Gasteiger partial charge >= 0.3 is 5.69 Å². The molecule has 2 aromatic heterocycles. The van der Waals surface area contributed by atoms with Gasteiger partial charge in [0.25, 0.3) is 0 Å². The van der Waals surface area contributed by atoms with E-state index in [2.05, 4.69) is 25.9 Å². The lowest BCUT2D eigenvalue weighted by molar-refractivity contribution is -0.384. The third-order valence-corrected chi connectivity index (χ3v) is 2.82. The number of nitrogens with two attached hydrogens (primary N) is 1. The highest BCUT2D eigenvalue weighted by molar-refractivity contribution is 9.10. The number of pyridine rings is 2. The van der Waals surface area contributed by atoms with Crippen molar-refractivity contribution in [3.05, 3.63) is 56.9 Å². The molecule has 0 aliphatic rings. The minimum atomic E-state index is -0.539. The zero-order chi connectivity index (χ0) is 13.5. The molecule has 0 bridgehead atoms. The van der Waals surface area contributed by atoms with Gasteiger partial charge in [0.15, 0.2) is 0 Å². The molecule has 0 atom stereocenters. The van der Waals surface area contributed by atoms with Crippen LogP contribution >= 0.6 is 15.9 Å². The molecule has 0 aromatic carbocycles. The Labute approximate surface area is 112 Å². The predicted octanol–water partition coefficient (Wildman–Crippen LogP) is 2.72. The maximum Gasteiger partial charge on any atom is 0.315 e. The van der Waals surface area contributed by atoms with Crippen molar-refractivity contribution in [3.63, 3.8) is 0 Å². The molecule has 0 amide bonds. The first-order valence-corrected chi connectivity index (χ1v) is 5.73. The SMILES string of the molecule is Cc1c(Br)cnc(N)c1[N+](=O)[O-].c1ccncc1. The van der Waals surface area contributed by atoms with Gasteiger partial charge in [-0.15, -0.1) is 0 Å². The molecule has 94 valence electrons. The molecule has 0 saturated carbocycles. The van der Waals surface area contributed by atoms with Crippen LogP contribution in [-0.2, 0) is 0 Å². The van der Waals surface area contributed by atoms with Crippen molar-refractivity contribution in [1.29, 1.82) is 0 Å². The number of halogens is 1. The van der Waals surface area contributed by atoms with Gasteiger partial charge < -0.3 is 5.73 Å². The van der Waals surface area contributed by atoms with E-state index in [-0.39, 0.29) is 11.5 Å². The molecule has 0 unspecified atom stereocenters. The van der Waals surface area contributed by atoms with E-state index in [0.29, 0.717) is 10.0 Å². The second-order valence-electron chi connectivity index (χ2n) is 3.25. The Balaban J connectivity index is 0.000000225. The predicted molar refractivity (Wildman–Crippen MR) is 72.0 cm³/mol. The minimum Gasteiger partial charge on any atom is -0.378 e. The van der Waals surface area contributed by atoms with E-state index in [0.717, 1.165) is 0 Å². The highest BCUT2D eigenvalue weighted by Gasteiger charge is 2.18. The van der Waals surface area contributed by atoms with Crippen LogP contribution in [0.5, 0.6) is 0 Å². The fourth-order valence-electron chi connectivity index (χ4n) is 1.13. The Morgan fingerprint density at radius 1 is 1.33 bits per heavy atom. The first-order chi connectivity index (χ1) is 8.54. The van der Waals surface area contributed by atoms with Crippen LogP contribution < -0.4 is 5.73 Å². The van der Waals surface area contributed by atoms with E-state index in [9.17, 15) is 10.1 Å². The molecule has 2 heterocycles. The number of rotatable bonds is 1. The minimum absolute atomic E-state index is 0.0549. The lowest BCUT2D eigenvalue weighted by Crippen LogP contribution is -2.00. The van der Waals surface area contributed by atoms with Crippen LogP contribution in [0.3, 0.4) is 0 Å². The maximum absolute atomic E-state index is 10.5. The fraction of sp³-hybridized carbons (Fsp3) is 0.0909. The average molecular weight is 311 g/mol. The van der Waals surface area contributed by atoms with E-state index in [4.69, 9.17) is 5.73 Å². The molecule has 0 saturated heterocycles. The Morgan fingerprint density at radius 3 is 2.28 bits per heavy atom.